The molecule has 0 unspecified atom stereocenters. The van der Waals surface area contributed by atoms with Crippen molar-refractivity contribution in [2.45, 2.75) is 33.7 Å². The molecule has 1 rings (SSSR count). The predicted octanol–water partition coefficient (Wildman–Crippen LogP) is 2.14. The highest BCUT2D eigenvalue weighted by Crippen LogP contribution is 2.11. The molecule has 0 bridgehead atoms. The molecular weight excluding hydrogens is 343 g/mol. The van der Waals surface area contributed by atoms with Crippen molar-refractivity contribution in [3.8, 4) is 0 Å². The van der Waals surface area contributed by atoms with E-state index in [4.69, 9.17) is 10.2 Å². The summed E-state index contributed by atoms with van der Waals surface area (Å²) in [6.07, 6.45) is 0.786. The maximum Gasteiger partial charge on any atom is 0.194 e. The first-order valence-electron chi connectivity index (χ1n) is 5.66. The number of aliphatic imine (C=N–C) groups is 1. The predicted molar refractivity (Wildman–Crippen MR) is 84.2 cm³/mol. The van der Waals surface area contributed by atoms with E-state index in [0.717, 1.165) is 29.3 Å². The molecule has 0 saturated heterocycles. The largest absolute Gasteiger partial charge is 0.443 e. The van der Waals surface area contributed by atoms with Crippen molar-refractivity contribution in [2.75, 3.05) is 6.54 Å². The maximum atomic E-state index is 5.69. The molecule has 5 nitrogen and oxygen atoms in total. The molecular formula is C12H21IN4O. The third-order valence-corrected chi connectivity index (χ3v) is 2.20. The molecule has 0 aliphatic heterocycles. The van der Waals surface area contributed by atoms with Crippen LogP contribution in [0.4, 0.5) is 0 Å². The molecule has 0 radical (unpaired) electrons. The van der Waals surface area contributed by atoms with Crippen molar-refractivity contribution in [1.82, 2.24) is 10.3 Å². The Morgan fingerprint density at radius 2 is 2.22 bits per heavy atom. The average Bonchev–Trinajstić information content (AvgIpc) is 2.64. The number of hydrogen-bond acceptors (Lipinski definition) is 3. The van der Waals surface area contributed by atoms with Gasteiger partial charge in [0.25, 0.3) is 0 Å². The van der Waals surface area contributed by atoms with Crippen LogP contribution in [0.15, 0.2) is 21.6 Å². The van der Waals surface area contributed by atoms with Gasteiger partial charge in [0.1, 0.15) is 12.3 Å². The second kappa shape index (κ2) is 8.12. The standard InChI is InChI=1S/C12H20N4O.HI/c1-5-11-16-9(4)10(17-11)7-15-12(13)14-6-8(2)3;/h2,5-7H2,1,3-4H3,(H3,13,14,15);1H. The summed E-state index contributed by atoms with van der Waals surface area (Å²) in [4.78, 5) is 8.45. The first kappa shape index (κ1) is 16.9. The van der Waals surface area contributed by atoms with Gasteiger partial charge in [0, 0.05) is 13.0 Å². The van der Waals surface area contributed by atoms with Gasteiger partial charge < -0.3 is 15.5 Å². The van der Waals surface area contributed by atoms with Crippen molar-refractivity contribution in [2.24, 2.45) is 10.7 Å². The van der Waals surface area contributed by atoms with E-state index in [1.165, 1.54) is 0 Å². The van der Waals surface area contributed by atoms with E-state index in [-0.39, 0.29) is 24.0 Å². The summed E-state index contributed by atoms with van der Waals surface area (Å²) in [6, 6.07) is 0. The molecule has 1 aromatic heterocycles. The molecule has 102 valence electrons. The van der Waals surface area contributed by atoms with Crippen LogP contribution in [0, 0.1) is 6.92 Å². The summed E-state index contributed by atoms with van der Waals surface area (Å²) < 4.78 is 5.52. The fraction of sp³-hybridized carbons (Fsp3) is 0.500. The molecule has 18 heavy (non-hydrogen) atoms. The van der Waals surface area contributed by atoms with Gasteiger partial charge in [-0.1, -0.05) is 19.1 Å². The number of aryl methyl sites for hydroxylation is 2. The summed E-state index contributed by atoms with van der Waals surface area (Å²) in [5.74, 6) is 1.89. The van der Waals surface area contributed by atoms with Gasteiger partial charge in [-0.25, -0.2) is 9.98 Å². The number of hydrogen-bond donors (Lipinski definition) is 2. The fourth-order valence-electron chi connectivity index (χ4n) is 1.24. The van der Waals surface area contributed by atoms with E-state index in [9.17, 15) is 0 Å². The molecule has 0 aromatic carbocycles. The molecule has 0 fully saturated rings. The molecule has 0 spiro atoms. The Bertz CT molecular complexity index is 426. The third kappa shape index (κ3) is 5.52. The van der Waals surface area contributed by atoms with E-state index in [0.29, 0.717) is 19.0 Å². The van der Waals surface area contributed by atoms with Crippen LogP contribution in [0.2, 0.25) is 0 Å². The van der Waals surface area contributed by atoms with Crippen molar-refractivity contribution < 1.29 is 4.42 Å². The SMILES string of the molecule is C=C(C)CNC(N)=NCc1oc(CC)nc1C.I. The molecule has 1 heterocycles. The van der Waals surface area contributed by atoms with Crippen LogP contribution in [-0.4, -0.2) is 17.5 Å². The molecule has 1 aromatic rings. The summed E-state index contributed by atoms with van der Waals surface area (Å²) in [5, 5.41) is 2.96. The van der Waals surface area contributed by atoms with Gasteiger partial charge in [-0.2, -0.15) is 0 Å². The highest BCUT2D eigenvalue weighted by Gasteiger charge is 2.07. The lowest BCUT2D eigenvalue weighted by atomic mass is 10.3. The van der Waals surface area contributed by atoms with Crippen LogP contribution in [0.25, 0.3) is 0 Å². The molecule has 0 saturated carbocycles. The van der Waals surface area contributed by atoms with Gasteiger partial charge >= 0.3 is 0 Å². The second-order valence-electron chi connectivity index (χ2n) is 3.98. The van der Waals surface area contributed by atoms with Crippen LogP contribution in [0.3, 0.4) is 0 Å². The Morgan fingerprint density at radius 1 is 1.56 bits per heavy atom. The fourth-order valence-corrected chi connectivity index (χ4v) is 1.24. The van der Waals surface area contributed by atoms with Gasteiger partial charge in [-0.05, 0) is 13.8 Å². The second-order valence-corrected chi connectivity index (χ2v) is 3.98. The van der Waals surface area contributed by atoms with Gasteiger partial charge in [0.2, 0.25) is 0 Å². The lowest BCUT2D eigenvalue weighted by Gasteiger charge is -2.03. The number of halogens is 1. The highest BCUT2D eigenvalue weighted by atomic mass is 127. The van der Waals surface area contributed by atoms with Gasteiger partial charge in [0.15, 0.2) is 11.9 Å². The zero-order valence-electron chi connectivity index (χ0n) is 11.1. The van der Waals surface area contributed by atoms with Crippen LogP contribution in [-0.2, 0) is 13.0 Å². The maximum absolute atomic E-state index is 5.69. The Labute approximate surface area is 125 Å². The molecule has 0 aliphatic carbocycles. The minimum atomic E-state index is 0. The number of aromatic nitrogens is 1. The van der Waals surface area contributed by atoms with Crippen LogP contribution >= 0.6 is 24.0 Å². The highest BCUT2D eigenvalue weighted by molar-refractivity contribution is 14.0. The van der Waals surface area contributed by atoms with Crippen molar-refractivity contribution in [3.05, 3.63) is 29.5 Å². The molecule has 0 atom stereocenters. The molecule has 3 N–H and O–H groups in total. The Balaban J connectivity index is 0.00000289. The number of rotatable bonds is 5. The van der Waals surface area contributed by atoms with E-state index < -0.39 is 0 Å². The normalized spacial score (nSPS) is 10.9. The molecule has 0 aliphatic rings. The molecule has 0 amide bonds. The summed E-state index contributed by atoms with van der Waals surface area (Å²) in [6.45, 7) is 10.6. The first-order chi connectivity index (χ1) is 8.02. The minimum absolute atomic E-state index is 0. The number of nitrogens with two attached hydrogens (primary N) is 1. The van der Waals surface area contributed by atoms with E-state index >= 15 is 0 Å². The number of nitrogens with one attached hydrogen (secondary N) is 1. The van der Waals surface area contributed by atoms with Gasteiger partial charge in [0.05, 0.1) is 5.69 Å². The van der Waals surface area contributed by atoms with E-state index in [1.807, 2.05) is 20.8 Å². The van der Waals surface area contributed by atoms with Gasteiger partial charge in [-0.3, -0.25) is 0 Å². The summed E-state index contributed by atoms with van der Waals surface area (Å²) in [5.41, 5.74) is 7.58. The summed E-state index contributed by atoms with van der Waals surface area (Å²) in [7, 11) is 0. The van der Waals surface area contributed by atoms with Gasteiger partial charge in [-0.15, -0.1) is 24.0 Å². The number of nitrogens with zero attached hydrogens (tertiary/aromatic N) is 2. The van der Waals surface area contributed by atoms with E-state index in [1.54, 1.807) is 0 Å². The molecule has 6 heteroatoms. The Morgan fingerprint density at radius 3 is 2.72 bits per heavy atom. The first-order valence-corrected chi connectivity index (χ1v) is 5.66. The lowest BCUT2D eigenvalue weighted by molar-refractivity contribution is 0.460. The zero-order chi connectivity index (χ0) is 12.8. The monoisotopic (exact) mass is 364 g/mol. The average molecular weight is 364 g/mol. The topological polar surface area (TPSA) is 76.4 Å². The van der Waals surface area contributed by atoms with Crippen LogP contribution in [0.5, 0.6) is 0 Å². The quantitative estimate of drug-likeness (QED) is 0.363. The van der Waals surface area contributed by atoms with Crippen LogP contribution < -0.4 is 11.1 Å². The number of oxazole rings is 1. The van der Waals surface area contributed by atoms with Crippen molar-refractivity contribution >= 4 is 29.9 Å². The minimum Gasteiger partial charge on any atom is -0.443 e. The van der Waals surface area contributed by atoms with Crippen LogP contribution in [0.1, 0.15) is 31.2 Å². The number of guanidine groups is 1. The van der Waals surface area contributed by atoms with E-state index in [2.05, 4.69) is 21.9 Å². The third-order valence-electron chi connectivity index (χ3n) is 2.20. The lowest BCUT2D eigenvalue weighted by Crippen LogP contribution is -2.32. The Hall–Kier alpha value is -1.05. The van der Waals surface area contributed by atoms with Crippen molar-refractivity contribution in [3.63, 3.8) is 0 Å². The summed E-state index contributed by atoms with van der Waals surface area (Å²) >= 11 is 0. The smallest absolute Gasteiger partial charge is 0.194 e. The zero-order valence-corrected chi connectivity index (χ0v) is 13.4. The Kier molecular flexibility index (Phi) is 7.65. The van der Waals surface area contributed by atoms with Crippen molar-refractivity contribution in [1.29, 1.82) is 0 Å².